The number of nitrogens with two attached hydrogens (primary N) is 1. The maximum atomic E-state index is 12.1. The molecule has 96 valence electrons. The van der Waals surface area contributed by atoms with Gasteiger partial charge in [0.2, 0.25) is 0 Å². The van der Waals surface area contributed by atoms with Gasteiger partial charge >= 0.3 is 5.97 Å². The van der Waals surface area contributed by atoms with E-state index in [1.165, 1.54) is 11.3 Å². The molecule has 18 heavy (non-hydrogen) atoms. The Hall–Kier alpha value is -1.14. The van der Waals surface area contributed by atoms with Gasteiger partial charge in [-0.05, 0) is 48.8 Å². The third-order valence-corrected chi connectivity index (χ3v) is 3.69. The second-order valence-electron chi connectivity index (χ2n) is 4.83. The highest BCUT2D eigenvalue weighted by Crippen LogP contribution is 2.33. The van der Waals surface area contributed by atoms with E-state index in [2.05, 4.69) is 20.9 Å². The zero-order valence-corrected chi connectivity index (χ0v) is 12.7. The van der Waals surface area contributed by atoms with Crippen LogP contribution in [-0.4, -0.2) is 16.6 Å². The minimum atomic E-state index is -0.521. The van der Waals surface area contributed by atoms with Crippen molar-refractivity contribution in [2.75, 3.05) is 5.73 Å². The molecule has 1 heterocycles. The van der Waals surface area contributed by atoms with E-state index in [4.69, 9.17) is 10.5 Å². The summed E-state index contributed by atoms with van der Waals surface area (Å²) < 4.78 is 6.93. The van der Waals surface area contributed by atoms with Crippen molar-refractivity contribution in [2.24, 2.45) is 0 Å². The van der Waals surface area contributed by atoms with Crippen LogP contribution < -0.4 is 5.73 Å². The van der Waals surface area contributed by atoms with Crippen LogP contribution in [-0.2, 0) is 4.74 Å². The molecular weight excluding hydrogens is 316 g/mol. The molecule has 0 bridgehead atoms. The fourth-order valence-electron chi connectivity index (χ4n) is 1.49. The highest BCUT2D eigenvalue weighted by atomic mass is 79.9. The number of benzene rings is 1. The highest BCUT2D eigenvalue weighted by Gasteiger charge is 2.21. The maximum Gasteiger partial charge on any atom is 0.340 e. The molecule has 2 rings (SSSR count). The first-order valence-electron chi connectivity index (χ1n) is 5.36. The number of esters is 1. The number of nitrogen functional groups attached to an aromatic ring is 1. The van der Waals surface area contributed by atoms with Gasteiger partial charge in [-0.15, -0.1) is 0 Å². The first-order chi connectivity index (χ1) is 8.28. The summed E-state index contributed by atoms with van der Waals surface area (Å²) >= 11 is 4.67. The van der Waals surface area contributed by atoms with Gasteiger partial charge in [-0.2, -0.15) is 0 Å². The highest BCUT2D eigenvalue weighted by molar-refractivity contribution is 9.10. The Kier molecular flexibility index (Phi) is 3.33. The monoisotopic (exact) mass is 328 g/mol. The van der Waals surface area contributed by atoms with Crippen molar-refractivity contribution in [1.82, 2.24) is 4.98 Å². The number of rotatable bonds is 1. The number of carbonyl (C=O) groups excluding carboxylic acids is 1. The number of nitrogens with zero attached hydrogens (tertiary/aromatic N) is 1. The number of hydrogen-bond acceptors (Lipinski definition) is 5. The molecular formula is C12H13BrN2O2S. The molecule has 0 aliphatic rings. The fourth-order valence-corrected chi connectivity index (χ4v) is 2.90. The molecule has 2 aromatic rings. The molecule has 0 spiro atoms. The van der Waals surface area contributed by atoms with Crippen LogP contribution in [0.15, 0.2) is 16.6 Å². The topological polar surface area (TPSA) is 65.2 Å². The van der Waals surface area contributed by atoms with Crippen molar-refractivity contribution in [3.8, 4) is 0 Å². The molecule has 1 aromatic carbocycles. The van der Waals surface area contributed by atoms with Crippen LogP contribution in [0.2, 0.25) is 0 Å². The van der Waals surface area contributed by atoms with Gasteiger partial charge in [0.25, 0.3) is 0 Å². The average Bonchev–Trinajstić information content (AvgIpc) is 2.58. The number of thiazole rings is 1. The quantitative estimate of drug-likeness (QED) is 0.812. The summed E-state index contributed by atoms with van der Waals surface area (Å²) in [5, 5.41) is 0.432. The van der Waals surface area contributed by atoms with Gasteiger partial charge in [-0.25, -0.2) is 9.78 Å². The number of aromatic nitrogens is 1. The zero-order valence-electron chi connectivity index (χ0n) is 10.3. The summed E-state index contributed by atoms with van der Waals surface area (Å²) in [6, 6.07) is 3.50. The van der Waals surface area contributed by atoms with E-state index in [1.54, 1.807) is 12.1 Å². The maximum absolute atomic E-state index is 12.1. The lowest BCUT2D eigenvalue weighted by molar-refractivity contribution is 0.00721. The number of halogens is 1. The average molecular weight is 329 g/mol. The largest absolute Gasteiger partial charge is 0.456 e. The molecule has 0 aliphatic carbocycles. The van der Waals surface area contributed by atoms with E-state index in [-0.39, 0.29) is 5.97 Å². The first-order valence-corrected chi connectivity index (χ1v) is 6.97. The van der Waals surface area contributed by atoms with E-state index in [9.17, 15) is 4.79 Å². The third-order valence-electron chi connectivity index (χ3n) is 2.13. The summed E-state index contributed by atoms with van der Waals surface area (Å²) in [7, 11) is 0. The lowest BCUT2D eigenvalue weighted by atomic mass is 10.1. The van der Waals surface area contributed by atoms with Crippen LogP contribution in [0.4, 0.5) is 5.13 Å². The van der Waals surface area contributed by atoms with Crippen LogP contribution in [0.5, 0.6) is 0 Å². The van der Waals surface area contributed by atoms with E-state index in [1.807, 2.05) is 20.8 Å². The van der Waals surface area contributed by atoms with Crippen LogP contribution in [0.1, 0.15) is 31.1 Å². The van der Waals surface area contributed by atoms with E-state index in [0.717, 1.165) is 9.17 Å². The summed E-state index contributed by atoms with van der Waals surface area (Å²) in [5.74, 6) is -0.358. The van der Waals surface area contributed by atoms with Gasteiger partial charge in [0.1, 0.15) is 5.60 Å². The third kappa shape index (κ3) is 2.64. The number of anilines is 1. The van der Waals surface area contributed by atoms with Crippen molar-refractivity contribution < 1.29 is 9.53 Å². The molecule has 4 nitrogen and oxygen atoms in total. The normalized spacial score (nSPS) is 11.8. The summed E-state index contributed by atoms with van der Waals surface area (Å²) in [6.07, 6.45) is 0. The Labute approximate surface area is 117 Å². The molecule has 0 unspecified atom stereocenters. The number of fused-ring (bicyclic) bond motifs is 1. The van der Waals surface area contributed by atoms with Crippen molar-refractivity contribution >= 4 is 48.6 Å². The summed E-state index contributed by atoms with van der Waals surface area (Å²) in [6.45, 7) is 5.51. The number of ether oxygens (including phenoxy) is 1. The number of hydrogen-bond donors (Lipinski definition) is 1. The Morgan fingerprint density at radius 2 is 2.11 bits per heavy atom. The predicted molar refractivity (Wildman–Crippen MR) is 76.9 cm³/mol. The lowest BCUT2D eigenvalue weighted by Gasteiger charge is -2.19. The van der Waals surface area contributed by atoms with Gasteiger partial charge < -0.3 is 10.5 Å². The van der Waals surface area contributed by atoms with Crippen LogP contribution >= 0.6 is 27.3 Å². The SMILES string of the molecule is CC(C)(C)OC(=O)c1ccc(Br)c2nc(N)sc12. The summed E-state index contributed by atoms with van der Waals surface area (Å²) in [4.78, 5) is 16.3. The minimum absolute atomic E-state index is 0.358. The van der Waals surface area contributed by atoms with Crippen molar-refractivity contribution in [2.45, 2.75) is 26.4 Å². The van der Waals surface area contributed by atoms with Crippen molar-refractivity contribution in [3.05, 3.63) is 22.2 Å². The van der Waals surface area contributed by atoms with Crippen molar-refractivity contribution in [1.29, 1.82) is 0 Å². The predicted octanol–water partition coefficient (Wildman–Crippen LogP) is 3.60. The van der Waals surface area contributed by atoms with Gasteiger partial charge in [-0.3, -0.25) is 0 Å². The lowest BCUT2D eigenvalue weighted by Crippen LogP contribution is -2.23. The van der Waals surface area contributed by atoms with Gasteiger partial charge in [0.05, 0.1) is 15.8 Å². The molecule has 0 saturated carbocycles. The Bertz CT molecular complexity index is 616. The van der Waals surface area contributed by atoms with E-state index in [0.29, 0.717) is 16.2 Å². The van der Waals surface area contributed by atoms with Crippen LogP contribution in [0.25, 0.3) is 10.2 Å². The molecule has 6 heteroatoms. The molecule has 0 amide bonds. The molecule has 0 saturated heterocycles. The fraction of sp³-hybridized carbons (Fsp3) is 0.333. The molecule has 0 atom stereocenters. The summed E-state index contributed by atoms with van der Waals surface area (Å²) in [5.41, 5.74) is 6.36. The van der Waals surface area contributed by atoms with Gasteiger partial charge in [0.15, 0.2) is 5.13 Å². The van der Waals surface area contributed by atoms with Gasteiger partial charge in [0, 0.05) is 4.47 Å². The Morgan fingerprint density at radius 3 is 2.72 bits per heavy atom. The molecule has 0 aliphatic heterocycles. The second-order valence-corrected chi connectivity index (χ2v) is 6.71. The number of carbonyl (C=O) groups is 1. The second kappa shape index (κ2) is 4.51. The first kappa shape index (κ1) is 13.3. The smallest absolute Gasteiger partial charge is 0.340 e. The van der Waals surface area contributed by atoms with Crippen LogP contribution in [0.3, 0.4) is 0 Å². The molecule has 1 aromatic heterocycles. The molecule has 0 radical (unpaired) electrons. The van der Waals surface area contributed by atoms with Crippen LogP contribution in [0, 0.1) is 0 Å². The molecule has 2 N–H and O–H groups in total. The Morgan fingerprint density at radius 1 is 1.44 bits per heavy atom. The Balaban J connectivity index is 2.52. The minimum Gasteiger partial charge on any atom is -0.456 e. The van der Waals surface area contributed by atoms with E-state index >= 15 is 0 Å². The zero-order chi connectivity index (χ0) is 13.5. The standard InChI is InChI=1S/C12H13BrN2O2S/c1-12(2,3)17-10(16)6-4-5-7(13)8-9(6)18-11(14)15-8/h4-5H,1-3H3,(H2,14,15). The molecule has 0 fully saturated rings. The van der Waals surface area contributed by atoms with Gasteiger partial charge in [-0.1, -0.05) is 11.3 Å². The van der Waals surface area contributed by atoms with Crippen molar-refractivity contribution in [3.63, 3.8) is 0 Å². The van der Waals surface area contributed by atoms with E-state index < -0.39 is 5.60 Å².